The van der Waals surface area contributed by atoms with Crippen LogP contribution in [0.1, 0.15) is 35.7 Å². The van der Waals surface area contributed by atoms with Gasteiger partial charge in [-0.1, -0.05) is 25.5 Å². The Balaban J connectivity index is 1.50. The second kappa shape index (κ2) is 12.0. The lowest BCUT2D eigenvalue weighted by Gasteiger charge is -2.10. The standard InChI is InChI=1S/C26H28N2O6S/c1-3-4-16-33-26(30)20-8-10-21(11-9-20)27-25(29)18-34-23-12-14-24(15-13-23)35(31,32)28-22-7-5-6-19(2)17-22/h5-15,17,28H,3-4,16,18H2,1-2H3,(H,27,29). The Morgan fingerprint density at radius 3 is 2.29 bits per heavy atom. The number of sulfonamides is 1. The molecule has 0 saturated heterocycles. The lowest BCUT2D eigenvalue weighted by Crippen LogP contribution is -2.20. The van der Waals surface area contributed by atoms with Gasteiger partial charge in [0.25, 0.3) is 15.9 Å². The van der Waals surface area contributed by atoms with Crippen LogP contribution in [0.25, 0.3) is 0 Å². The van der Waals surface area contributed by atoms with Crippen LogP contribution in [0.4, 0.5) is 11.4 Å². The van der Waals surface area contributed by atoms with E-state index >= 15 is 0 Å². The molecule has 0 aliphatic rings. The van der Waals surface area contributed by atoms with E-state index < -0.39 is 21.9 Å². The van der Waals surface area contributed by atoms with Crippen molar-refractivity contribution in [1.29, 1.82) is 0 Å². The summed E-state index contributed by atoms with van der Waals surface area (Å²) < 4.78 is 38.3. The van der Waals surface area contributed by atoms with Gasteiger partial charge in [-0.05, 0) is 79.6 Å². The summed E-state index contributed by atoms with van der Waals surface area (Å²) in [5.74, 6) is -0.458. The molecule has 0 heterocycles. The Morgan fingerprint density at radius 2 is 1.63 bits per heavy atom. The SMILES string of the molecule is CCCCOC(=O)c1ccc(NC(=O)COc2ccc(S(=O)(=O)Nc3cccc(C)c3)cc2)cc1. The van der Waals surface area contributed by atoms with Crippen molar-refractivity contribution >= 4 is 33.3 Å². The molecule has 0 spiro atoms. The number of aryl methyl sites for hydroxylation is 1. The zero-order valence-corrected chi connectivity index (χ0v) is 20.4. The first-order valence-corrected chi connectivity index (χ1v) is 12.6. The third kappa shape index (κ3) is 7.86. The van der Waals surface area contributed by atoms with Crippen LogP contribution in [0.3, 0.4) is 0 Å². The molecular formula is C26H28N2O6S. The van der Waals surface area contributed by atoms with Gasteiger partial charge in [-0.3, -0.25) is 9.52 Å². The Labute approximate surface area is 205 Å². The summed E-state index contributed by atoms with van der Waals surface area (Å²) in [4.78, 5) is 24.2. The number of carbonyl (C=O) groups excluding carboxylic acids is 2. The number of anilines is 2. The summed E-state index contributed by atoms with van der Waals surface area (Å²) in [5, 5.41) is 2.68. The number of nitrogens with one attached hydrogen (secondary N) is 2. The summed E-state index contributed by atoms with van der Waals surface area (Å²) in [6.45, 7) is 4.00. The van der Waals surface area contributed by atoms with Crippen LogP contribution in [0, 0.1) is 6.92 Å². The first-order chi connectivity index (χ1) is 16.8. The molecule has 3 rings (SSSR count). The van der Waals surface area contributed by atoms with E-state index in [0.717, 1.165) is 18.4 Å². The van der Waals surface area contributed by atoms with Gasteiger partial charge in [-0.25, -0.2) is 13.2 Å². The number of ether oxygens (including phenoxy) is 2. The summed E-state index contributed by atoms with van der Waals surface area (Å²) >= 11 is 0. The molecule has 0 fully saturated rings. The van der Waals surface area contributed by atoms with Gasteiger partial charge in [-0.2, -0.15) is 0 Å². The van der Waals surface area contributed by atoms with Crippen molar-refractivity contribution in [2.75, 3.05) is 23.3 Å². The molecule has 2 N–H and O–H groups in total. The molecule has 1 amide bonds. The van der Waals surface area contributed by atoms with Crippen LogP contribution in [-0.4, -0.2) is 33.5 Å². The Bertz CT molecular complexity index is 1260. The molecule has 0 radical (unpaired) electrons. The van der Waals surface area contributed by atoms with Gasteiger partial charge >= 0.3 is 5.97 Å². The van der Waals surface area contributed by atoms with Crippen molar-refractivity contribution in [2.24, 2.45) is 0 Å². The Kier molecular flexibility index (Phi) is 8.86. The first-order valence-electron chi connectivity index (χ1n) is 11.2. The van der Waals surface area contributed by atoms with E-state index in [9.17, 15) is 18.0 Å². The van der Waals surface area contributed by atoms with E-state index in [-0.39, 0.29) is 11.5 Å². The van der Waals surface area contributed by atoms with Crippen LogP contribution < -0.4 is 14.8 Å². The molecule has 0 saturated carbocycles. The second-order valence-electron chi connectivity index (χ2n) is 7.85. The molecule has 184 valence electrons. The second-order valence-corrected chi connectivity index (χ2v) is 9.53. The third-order valence-corrected chi connectivity index (χ3v) is 6.31. The highest BCUT2D eigenvalue weighted by Gasteiger charge is 2.15. The maximum absolute atomic E-state index is 12.6. The van der Waals surface area contributed by atoms with Gasteiger partial charge < -0.3 is 14.8 Å². The van der Waals surface area contributed by atoms with E-state index in [4.69, 9.17) is 9.47 Å². The van der Waals surface area contributed by atoms with Gasteiger partial charge in [0.1, 0.15) is 5.75 Å². The number of hydrogen-bond donors (Lipinski definition) is 2. The molecule has 0 aliphatic carbocycles. The van der Waals surface area contributed by atoms with E-state index in [2.05, 4.69) is 10.0 Å². The Hall–Kier alpha value is -3.85. The maximum atomic E-state index is 12.6. The smallest absolute Gasteiger partial charge is 0.338 e. The van der Waals surface area contributed by atoms with Crippen molar-refractivity contribution in [2.45, 2.75) is 31.6 Å². The number of unbranched alkanes of at least 4 members (excludes halogenated alkanes) is 1. The van der Waals surface area contributed by atoms with Gasteiger partial charge in [-0.15, -0.1) is 0 Å². The fraction of sp³-hybridized carbons (Fsp3) is 0.231. The maximum Gasteiger partial charge on any atom is 0.338 e. The zero-order valence-electron chi connectivity index (χ0n) is 19.6. The monoisotopic (exact) mass is 496 g/mol. The quantitative estimate of drug-likeness (QED) is 0.292. The topological polar surface area (TPSA) is 111 Å². The van der Waals surface area contributed by atoms with Gasteiger partial charge in [0.2, 0.25) is 0 Å². The minimum atomic E-state index is -3.75. The number of hydrogen-bond acceptors (Lipinski definition) is 6. The molecule has 0 bridgehead atoms. The first kappa shape index (κ1) is 25.8. The lowest BCUT2D eigenvalue weighted by molar-refractivity contribution is -0.118. The fourth-order valence-corrected chi connectivity index (χ4v) is 4.12. The summed E-state index contributed by atoms with van der Waals surface area (Å²) in [6, 6.07) is 19.2. The normalized spacial score (nSPS) is 10.9. The number of carbonyl (C=O) groups is 2. The van der Waals surface area contributed by atoms with Crippen molar-refractivity contribution in [3.63, 3.8) is 0 Å². The predicted octanol–water partition coefficient (Wildman–Crippen LogP) is 4.77. The van der Waals surface area contributed by atoms with Crippen LogP contribution in [0.15, 0.2) is 77.7 Å². The van der Waals surface area contributed by atoms with Crippen LogP contribution in [0.5, 0.6) is 5.75 Å². The third-order valence-electron chi connectivity index (χ3n) is 4.91. The molecule has 3 aromatic rings. The van der Waals surface area contributed by atoms with Crippen LogP contribution >= 0.6 is 0 Å². The lowest BCUT2D eigenvalue weighted by atomic mass is 10.2. The van der Waals surface area contributed by atoms with Gasteiger partial charge in [0.15, 0.2) is 6.61 Å². The molecule has 0 aliphatic heterocycles. The van der Waals surface area contributed by atoms with E-state index in [1.165, 1.54) is 24.3 Å². The highest BCUT2D eigenvalue weighted by atomic mass is 32.2. The number of benzene rings is 3. The zero-order chi connectivity index (χ0) is 25.3. The highest BCUT2D eigenvalue weighted by Crippen LogP contribution is 2.20. The number of amides is 1. The minimum Gasteiger partial charge on any atom is -0.484 e. The van der Waals surface area contributed by atoms with E-state index in [1.54, 1.807) is 42.5 Å². The molecule has 8 nitrogen and oxygen atoms in total. The average molecular weight is 497 g/mol. The molecule has 3 aromatic carbocycles. The summed E-state index contributed by atoms with van der Waals surface area (Å²) in [5.41, 5.74) is 2.33. The van der Waals surface area contributed by atoms with Gasteiger partial charge in [0.05, 0.1) is 17.1 Å². The number of rotatable bonds is 11. The molecule has 0 unspecified atom stereocenters. The molecule has 0 atom stereocenters. The van der Waals surface area contributed by atoms with Crippen molar-refractivity contribution in [3.05, 3.63) is 83.9 Å². The van der Waals surface area contributed by atoms with Gasteiger partial charge in [0, 0.05) is 11.4 Å². The fourth-order valence-electron chi connectivity index (χ4n) is 3.07. The number of esters is 1. The highest BCUT2D eigenvalue weighted by molar-refractivity contribution is 7.92. The van der Waals surface area contributed by atoms with Crippen molar-refractivity contribution < 1.29 is 27.5 Å². The molecule has 35 heavy (non-hydrogen) atoms. The molecule has 0 aromatic heterocycles. The molecule has 9 heteroatoms. The Morgan fingerprint density at radius 1 is 0.914 bits per heavy atom. The van der Waals surface area contributed by atoms with Crippen molar-refractivity contribution in [1.82, 2.24) is 0 Å². The molecular weight excluding hydrogens is 468 g/mol. The summed E-state index contributed by atoms with van der Waals surface area (Å²) in [7, 11) is -3.75. The van der Waals surface area contributed by atoms with E-state index in [1.807, 2.05) is 19.9 Å². The average Bonchev–Trinajstić information content (AvgIpc) is 2.83. The van der Waals surface area contributed by atoms with Crippen LogP contribution in [-0.2, 0) is 19.6 Å². The van der Waals surface area contributed by atoms with E-state index in [0.29, 0.717) is 29.3 Å². The summed E-state index contributed by atoms with van der Waals surface area (Å²) in [6.07, 6.45) is 1.75. The van der Waals surface area contributed by atoms with Crippen molar-refractivity contribution in [3.8, 4) is 5.75 Å². The predicted molar refractivity (Wildman–Crippen MR) is 134 cm³/mol. The minimum absolute atomic E-state index is 0.0733. The van der Waals surface area contributed by atoms with Crippen LogP contribution in [0.2, 0.25) is 0 Å². The largest absolute Gasteiger partial charge is 0.484 e.